The van der Waals surface area contributed by atoms with Crippen molar-refractivity contribution in [2.24, 2.45) is 5.92 Å². The Bertz CT molecular complexity index is 1110. The molecule has 0 spiro atoms. The molecule has 2 fully saturated rings. The van der Waals surface area contributed by atoms with E-state index in [1.54, 1.807) is 0 Å². The van der Waals surface area contributed by atoms with Gasteiger partial charge in [-0.1, -0.05) is 91.0 Å². The van der Waals surface area contributed by atoms with Crippen LogP contribution in [-0.2, 0) is 17.8 Å². The largest absolute Gasteiger partial charge is 0.343 e. The Kier molecular flexibility index (Phi) is 9.27. The fraction of sp³-hybridized carbons (Fsp3) is 0.441. The van der Waals surface area contributed by atoms with Gasteiger partial charge < -0.3 is 9.80 Å². The van der Waals surface area contributed by atoms with Crippen molar-refractivity contribution in [3.8, 4) is 0 Å². The maximum Gasteiger partial charge on any atom is 0.222 e. The molecule has 4 heteroatoms. The van der Waals surface area contributed by atoms with E-state index < -0.39 is 0 Å². The molecular weight excluding hydrogens is 466 g/mol. The molecule has 38 heavy (non-hydrogen) atoms. The first-order chi connectivity index (χ1) is 18.7. The van der Waals surface area contributed by atoms with Gasteiger partial charge in [0.05, 0.1) is 0 Å². The second kappa shape index (κ2) is 13.2. The average Bonchev–Trinajstić information content (AvgIpc) is 3.36. The molecule has 3 aromatic carbocycles. The molecule has 0 bridgehead atoms. The fourth-order valence-corrected chi connectivity index (χ4v) is 6.48. The molecule has 0 saturated carbocycles. The van der Waals surface area contributed by atoms with Crippen molar-refractivity contribution in [1.82, 2.24) is 14.7 Å². The Balaban J connectivity index is 1.11. The number of carbonyl (C=O) groups excluding carboxylic acids is 1. The van der Waals surface area contributed by atoms with Crippen molar-refractivity contribution >= 4 is 5.91 Å². The summed E-state index contributed by atoms with van der Waals surface area (Å²) in [6.07, 6.45) is 4.70. The predicted octanol–water partition coefficient (Wildman–Crippen LogP) is 5.85. The van der Waals surface area contributed by atoms with Crippen LogP contribution in [0.5, 0.6) is 0 Å². The number of hydrogen-bond donors (Lipinski definition) is 0. The highest BCUT2D eigenvalue weighted by Gasteiger charge is 2.36. The summed E-state index contributed by atoms with van der Waals surface area (Å²) in [6.45, 7) is 6.62. The summed E-state index contributed by atoms with van der Waals surface area (Å²) in [5, 5.41) is 0. The number of carbonyl (C=O) groups is 1. The van der Waals surface area contributed by atoms with E-state index in [1.165, 1.54) is 16.7 Å². The Morgan fingerprint density at radius 1 is 0.789 bits per heavy atom. The molecule has 1 amide bonds. The molecule has 2 atom stereocenters. The van der Waals surface area contributed by atoms with Gasteiger partial charge in [-0.05, 0) is 48.3 Å². The number of piperidine rings is 1. The first kappa shape index (κ1) is 26.6. The molecule has 0 aromatic heterocycles. The zero-order valence-corrected chi connectivity index (χ0v) is 22.9. The third-order valence-electron chi connectivity index (χ3n) is 8.68. The Hall–Kier alpha value is -2.95. The Morgan fingerprint density at radius 3 is 2.05 bits per heavy atom. The minimum atomic E-state index is 0.302. The van der Waals surface area contributed by atoms with Crippen molar-refractivity contribution in [3.05, 3.63) is 108 Å². The van der Waals surface area contributed by atoms with E-state index in [4.69, 9.17) is 0 Å². The van der Waals surface area contributed by atoms with Gasteiger partial charge in [-0.15, -0.1) is 0 Å². The lowest BCUT2D eigenvalue weighted by atomic mass is 9.88. The summed E-state index contributed by atoms with van der Waals surface area (Å²) in [7, 11) is 2.02. The highest BCUT2D eigenvalue weighted by atomic mass is 16.2. The van der Waals surface area contributed by atoms with Crippen LogP contribution >= 0.6 is 0 Å². The number of amides is 1. The van der Waals surface area contributed by atoms with Crippen molar-refractivity contribution in [1.29, 1.82) is 0 Å². The molecule has 5 rings (SSSR count). The quantitative estimate of drug-likeness (QED) is 0.343. The lowest BCUT2D eigenvalue weighted by Gasteiger charge is -2.38. The average molecular weight is 510 g/mol. The van der Waals surface area contributed by atoms with Crippen molar-refractivity contribution in [2.45, 2.75) is 50.6 Å². The normalized spacial score (nSPS) is 21.0. The number of benzene rings is 3. The standard InChI is InChI=1S/C34H43N3O/c1-35(34(38)19-11-16-28-12-5-2-6-13-28)32-20-22-36(23-21-32)25-31-26-37(24-29-14-7-3-8-15-29)27-33(31)30-17-9-4-10-18-30/h2-10,12-15,17-18,31-33H,11,16,19-27H2,1H3. The van der Waals surface area contributed by atoms with Crippen molar-refractivity contribution < 1.29 is 4.79 Å². The van der Waals surface area contributed by atoms with E-state index in [1.807, 2.05) is 18.0 Å². The van der Waals surface area contributed by atoms with Crippen LogP contribution in [-0.4, -0.2) is 66.4 Å². The Labute approximate surface area is 229 Å². The first-order valence-corrected chi connectivity index (χ1v) is 14.5. The van der Waals surface area contributed by atoms with Gasteiger partial charge in [0.2, 0.25) is 5.91 Å². The fourth-order valence-electron chi connectivity index (χ4n) is 6.48. The molecule has 3 aromatic rings. The molecule has 2 heterocycles. The maximum absolute atomic E-state index is 12.9. The second-order valence-electron chi connectivity index (χ2n) is 11.3. The summed E-state index contributed by atoms with van der Waals surface area (Å²) in [4.78, 5) is 20.2. The molecule has 0 N–H and O–H groups in total. The summed E-state index contributed by atoms with van der Waals surface area (Å²) < 4.78 is 0. The molecule has 2 unspecified atom stereocenters. The van der Waals surface area contributed by atoms with Gasteiger partial charge >= 0.3 is 0 Å². The lowest BCUT2D eigenvalue weighted by Crippen LogP contribution is -2.47. The summed E-state index contributed by atoms with van der Waals surface area (Å²) >= 11 is 0. The van der Waals surface area contributed by atoms with Gasteiger partial charge in [0, 0.05) is 64.7 Å². The topological polar surface area (TPSA) is 26.8 Å². The van der Waals surface area contributed by atoms with Crippen LogP contribution < -0.4 is 0 Å². The number of rotatable bonds is 10. The summed E-state index contributed by atoms with van der Waals surface area (Å²) in [5.74, 6) is 1.51. The molecule has 0 radical (unpaired) electrons. The van der Waals surface area contributed by atoms with Gasteiger partial charge in [0.25, 0.3) is 0 Å². The van der Waals surface area contributed by atoms with Crippen LogP contribution in [0.3, 0.4) is 0 Å². The van der Waals surface area contributed by atoms with E-state index in [9.17, 15) is 4.79 Å². The van der Waals surface area contributed by atoms with Crippen LogP contribution in [0.1, 0.15) is 48.3 Å². The smallest absolute Gasteiger partial charge is 0.222 e. The number of nitrogens with zero attached hydrogens (tertiary/aromatic N) is 3. The van der Waals surface area contributed by atoms with Crippen LogP contribution in [0.4, 0.5) is 0 Å². The van der Waals surface area contributed by atoms with Crippen LogP contribution in [0.15, 0.2) is 91.0 Å². The molecule has 0 aliphatic carbocycles. The Morgan fingerprint density at radius 2 is 1.39 bits per heavy atom. The highest BCUT2D eigenvalue weighted by Crippen LogP contribution is 2.34. The van der Waals surface area contributed by atoms with Gasteiger partial charge in [-0.2, -0.15) is 0 Å². The molecule has 2 aliphatic heterocycles. The molecular formula is C34H43N3O. The van der Waals surface area contributed by atoms with Gasteiger partial charge in [-0.3, -0.25) is 9.69 Å². The van der Waals surface area contributed by atoms with E-state index in [0.29, 0.717) is 30.2 Å². The zero-order valence-electron chi connectivity index (χ0n) is 22.9. The summed E-state index contributed by atoms with van der Waals surface area (Å²) in [6, 6.07) is 32.9. The van der Waals surface area contributed by atoms with Gasteiger partial charge in [0.1, 0.15) is 0 Å². The zero-order chi connectivity index (χ0) is 26.2. The van der Waals surface area contributed by atoms with Crippen molar-refractivity contribution in [2.75, 3.05) is 39.8 Å². The maximum atomic E-state index is 12.9. The van der Waals surface area contributed by atoms with E-state index in [2.05, 4.69) is 94.7 Å². The van der Waals surface area contributed by atoms with Crippen molar-refractivity contribution in [3.63, 3.8) is 0 Å². The minimum absolute atomic E-state index is 0.302. The monoisotopic (exact) mass is 509 g/mol. The molecule has 2 aliphatic rings. The third kappa shape index (κ3) is 7.12. The number of hydrogen-bond acceptors (Lipinski definition) is 3. The molecule has 200 valence electrons. The highest BCUT2D eigenvalue weighted by molar-refractivity contribution is 5.76. The van der Waals surface area contributed by atoms with Crippen LogP contribution in [0.25, 0.3) is 0 Å². The molecule has 4 nitrogen and oxygen atoms in total. The van der Waals surface area contributed by atoms with Gasteiger partial charge in [0.15, 0.2) is 0 Å². The predicted molar refractivity (Wildman–Crippen MR) is 156 cm³/mol. The van der Waals surface area contributed by atoms with E-state index in [0.717, 1.165) is 65.0 Å². The lowest BCUT2D eigenvalue weighted by molar-refractivity contribution is -0.133. The second-order valence-corrected chi connectivity index (χ2v) is 11.3. The van der Waals surface area contributed by atoms with E-state index >= 15 is 0 Å². The number of likely N-dealkylation sites (tertiary alicyclic amines) is 2. The van der Waals surface area contributed by atoms with Crippen LogP contribution in [0, 0.1) is 5.92 Å². The SMILES string of the molecule is CN(C(=O)CCCc1ccccc1)C1CCN(CC2CN(Cc3ccccc3)CC2c2ccccc2)CC1. The van der Waals surface area contributed by atoms with E-state index in [-0.39, 0.29) is 0 Å². The first-order valence-electron chi connectivity index (χ1n) is 14.5. The molecule has 2 saturated heterocycles. The minimum Gasteiger partial charge on any atom is -0.343 e. The van der Waals surface area contributed by atoms with Gasteiger partial charge in [-0.25, -0.2) is 0 Å². The van der Waals surface area contributed by atoms with Crippen LogP contribution in [0.2, 0.25) is 0 Å². The summed E-state index contributed by atoms with van der Waals surface area (Å²) in [5.41, 5.74) is 4.19. The number of aryl methyl sites for hydroxylation is 1. The third-order valence-corrected chi connectivity index (χ3v) is 8.68.